The lowest BCUT2D eigenvalue weighted by molar-refractivity contribution is 0.0867. The molecule has 1 amide bonds. The summed E-state index contributed by atoms with van der Waals surface area (Å²) in [7, 11) is 1.61. The lowest BCUT2D eigenvalue weighted by Gasteiger charge is -2.26. The van der Waals surface area contributed by atoms with Crippen molar-refractivity contribution in [3.05, 3.63) is 29.3 Å². The third-order valence-electron chi connectivity index (χ3n) is 3.71. The van der Waals surface area contributed by atoms with Gasteiger partial charge in [0.05, 0.1) is 13.2 Å². The van der Waals surface area contributed by atoms with Crippen molar-refractivity contribution < 1.29 is 14.6 Å². The maximum absolute atomic E-state index is 12.2. The molecular weight excluding hydrogens is 242 g/mol. The maximum Gasteiger partial charge on any atom is 0.251 e. The van der Waals surface area contributed by atoms with E-state index in [0.29, 0.717) is 5.56 Å². The molecule has 19 heavy (non-hydrogen) atoms. The van der Waals surface area contributed by atoms with Crippen LogP contribution < -0.4 is 10.1 Å². The Hall–Kier alpha value is -1.55. The average Bonchev–Trinajstić information content (AvgIpc) is 2.41. The number of ether oxygens (including phenoxy) is 1. The smallest absolute Gasteiger partial charge is 0.251 e. The number of hydrogen-bond donors (Lipinski definition) is 2. The molecule has 0 radical (unpaired) electrons. The highest BCUT2D eigenvalue weighted by Gasteiger charge is 2.21. The Morgan fingerprint density at radius 2 is 2.00 bits per heavy atom. The predicted octanol–water partition coefficient (Wildman–Crippen LogP) is 2.04. The number of carbonyl (C=O) groups excluding carboxylic acids is 1. The van der Waals surface area contributed by atoms with Crippen LogP contribution in [-0.4, -0.2) is 30.3 Å². The molecular formula is C15H21NO3. The lowest BCUT2D eigenvalue weighted by Crippen LogP contribution is -2.38. The van der Waals surface area contributed by atoms with Gasteiger partial charge in [-0.1, -0.05) is 0 Å². The Bertz CT molecular complexity index is 451. The van der Waals surface area contributed by atoms with Crippen molar-refractivity contribution in [2.45, 2.75) is 44.8 Å². The molecule has 0 aromatic heterocycles. The molecule has 2 rings (SSSR count). The van der Waals surface area contributed by atoms with Crippen LogP contribution in [0.15, 0.2) is 18.2 Å². The highest BCUT2D eigenvalue weighted by molar-refractivity contribution is 5.96. The SMILES string of the molecule is COc1ccc(C(=O)NC2CCC(O)CC2)c(C)c1. The van der Waals surface area contributed by atoms with E-state index in [1.807, 2.05) is 13.0 Å². The van der Waals surface area contributed by atoms with E-state index in [-0.39, 0.29) is 18.1 Å². The number of amides is 1. The number of aliphatic hydroxyl groups is 1. The Kier molecular flexibility index (Phi) is 4.43. The molecule has 1 fully saturated rings. The fourth-order valence-electron chi connectivity index (χ4n) is 2.50. The number of benzene rings is 1. The van der Waals surface area contributed by atoms with E-state index in [1.165, 1.54) is 0 Å². The molecule has 0 heterocycles. The first-order valence-electron chi connectivity index (χ1n) is 6.73. The van der Waals surface area contributed by atoms with Crippen LogP contribution in [0.1, 0.15) is 41.6 Å². The van der Waals surface area contributed by atoms with Crippen LogP contribution in [0, 0.1) is 6.92 Å². The number of aliphatic hydroxyl groups excluding tert-OH is 1. The van der Waals surface area contributed by atoms with Gasteiger partial charge < -0.3 is 15.2 Å². The quantitative estimate of drug-likeness (QED) is 0.877. The first-order chi connectivity index (χ1) is 9.10. The normalized spacial score (nSPS) is 22.9. The fraction of sp³-hybridized carbons (Fsp3) is 0.533. The predicted molar refractivity (Wildman–Crippen MR) is 73.5 cm³/mol. The molecule has 0 unspecified atom stereocenters. The summed E-state index contributed by atoms with van der Waals surface area (Å²) < 4.78 is 5.13. The van der Waals surface area contributed by atoms with Gasteiger partial charge in [-0.25, -0.2) is 0 Å². The second-order valence-electron chi connectivity index (χ2n) is 5.16. The van der Waals surface area contributed by atoms with Gasteiger partial charge in [-0.3, -0.25) is 4.79 Å². The van der Waals surface area contributed by atoms with Crippen LogP contribution in [0.2, 0.25) is 0 Å². The van der Waals surface area contributed by atoms with E-state index < -0.39 is 0 Å². The molecule has 4 heteroatoms. The van der Waals surface area contributed by atoms with Gasteiger partial charge in [0.25, 0.3) is 5.91 Å². The summed E-state index contributed by atoms with van der Waals surface area (Å²) in [6.07, 6.45) is 3.04. The Morgan fingerprint density at radius 1 is 1.32 bits per heavy atom. The molecule has 1 saturated carbocycles. The van der Waals surface area contributed by atoms with Crippen LogP contribution in [-0.2, 0) is 0 Å². The number of aryl methyl sites for hydroxylation is 1. The van der Waals surface area contributed by atoms with E-state index in [2.05, 4.69) is 5.32 Å². The standard InChI is InChI=1S/C15H21NO3/c1-10-9-13(19-2)7-8-14(10)15(18)16-11-3-5-12(17)6-4-11/h7-9,11-12,17H,3-6H2,1-2H3,(H,16,18). The highest BCUT2D eigenvalue weighted by atomic mass is 16.5. The number of rotatable bonds is 3. The van der Waals surface area contributed by atoms with Crippen LogP contribution in [0.3, 0.4) is 0 Å². The van der Waals surface area contributed by atoms with E-state index in [1.54, 1.807) is 19.2 Å². The van der Waals surface area contributed by atoms with Crippen molar-refractivity contribution in [1.29, 1.82) is 0 Å². The Labute approximate surface area is 113 Å². The Balaban J connectivity index is 2.00. The maximum atomic E-state index is 12.2. The van der Waals surface area contributed by atoms with Crippen molar-refractivity contribution in [1.82, 2.24) is 5.32 Å². The van der Waals surface area contributed by atoms with E-state index >= 15 is 0 Å². The summed E-state index contributed by atoms with van der Waals surface area (Å²) in [4.78, 5) is 12.2. The molecule has 0 aliphatic heterocycles. The van der Waals surface area contributed by atoms with Crippen molar-refractivity contribution >= 4 is 5.91 Å². The average molecular weight is 263 g/mol. The number of nitrogens with one attached hydrogen (secondary N) is 1. The van der Waals surface area contributed by atoms with Gasteiger partial charge in [0.15, 0.2) is 0 Å². The first kappa shape index (κ1) is 13.9. The summed E-state index contributed by atoms with van der Waals surface area (Å²) in [6, 6.07) is 5.63. The van der Waals surface area contributed by atoms with Crippen LogP contribution >= 0.6 is 0 Å². The van der Waals surface area contributed by atoms with E-state index in [9.17, 15) is 9.90 Å². The molecule has 0 spiro atoms. The molecule has 1 aliphatic carbocycles. The summed E-state index contributed by atoms with van der Waals surface area (Å²) >= 11 is 0. The van der Waals surface area contributed by atoms with Crippen LogP contribution in [0.5, 0.6) is 5.75 Å². The molecule has 1 aromatic rings. The van der Waals surface area contributed by atoms with Crippen LogP contribution in [0.4, 0.5) is 0 Å². The van der Waals surface area contributed by atoms with Crippen molar-refractivity contribution in [2.75, 3.05) is 7.11 Å². The molecule has 4 nitrogen and oxygen atoms in total. The van der Waals surface area contributed by atoms with Crippen LogP contribution in [0.25, 0.3) is 0 Å². The molecule has 104 valence electrons. The minimum Gasteiger partial charge on any atom is -0.497 e. The zero-order chi connectivity index (χ0) is 13.8. The fourth-order valence-corrected chi connectivity index (χ4v) is 2.50. The van der Waals surface area contributed by atoms with Gasteiger partial charge in [-0.2, -0.15) is 0 Å². The van der Waals surface area contributed by atoms with E-state index in [0.717, 1.165) is 37.0 Å². The number of carbonyl (C=O) groups is 1. The first-order valence-corrected chi connectivity index (χ1v) is 6.73. The minimum absolute atomic E-state index is 0.0402. The summed E-state index contributed by atoms with van der Waals surface area (Å²) in [5, 5.41) is 12.5. The molecule has 1 aromatic carbocycles. The topological polar surface area (TPSA) is 58.6 Å². The minimum atomic E-state index is -0.198. The highest BCUT2D eigenvalue weighted by Crippen LogP contribution is 2.20. The van der Waals surface area contributed by atoms with Gasteiger partial charge in [-0.15, -0.1) is 0 Å². The summed E-state index contributed by atoms with van der Waals surface area (Å²) in [5.41, 5.74) is 1.60. The van der Waals surface area contributed by atoms with Crippen molar-refractivity contribution in [2.24, 2.45) is 0 Å². The molecule has 0 saturated heterocycles. The van der Waals surface area contributed by atoms with Gasteiger partial charge in [-0.05, 0) is 56.4 Å². The summed E-state index contributed by atoms with van der Waals surface area (Å²) in [6.45, 7) is 1.90. The lowest BCUT2D eigenvalue weighted by atomic mass is 9.93. The molecule has 0 bridgehead atoms. The second kappa shape index (κ2) is 6.06. The third kappa shape index (κ3) is 3.47. The largest absolute Gasteiger partial charge is 0.497 e. The third-order valence-corrected chi connectivity index (χ3v) is 3.71. The zero-order valence-electron chi connectivity index (χ0n) is 11.5. The van der Waals surface area contributed by atoms with Crippen molar-refractivity contribution in [3.8, 4) is 5.75 Å². The van der Waals surface area contributed by atoms with Crippen molar-refractivity contribution in [3.63, 3.8) is 0 Å². The molecule has 0 atom stereocenters. The molecule has 1 aliphatic rings. The van der Waals surface area contributed by atoms with Gasteiger partial charge >= 0.3 is 0 Å². The summed E-state index contributed by atoms with van der Waals surface area (Å²) in [5.74, 6) is 0.719. The zero-order valence-corrected chi connectivity index (χ0v) is 11.5. The van der Waals surface area contributed by atoms with Gasteiger partial charge in [0.2, 0.25) is 0 Å². The van der Waals surface area contributed by atoms with Gasteiger partial charge in [0.1, 0.15) is 5.75 Å². The Morgan fingerprint density at radius 3 is 2.58 bits per heavy atom. The number of methoxy groups -OCH3 is 1. The monoisotopic (exact) mass is 263 g/mol. The molecule has 2 N–H and O–H groups in total. The number of hydrogen-bond acceptors (Lipinski definition) is 3. The second-order valence-corrected chi connectivity index (χ2v) is 5.16. The van der Waals surface area contributed by atoms with Gasteiger partial charge in [0, 0.05) is 11.6 Å². The van der Waals surface area contributed by atoms with E-state index in [4.69, 9.17) is 4.74 Å².